The smallest absolute Gasteiger partial charge is 0.243 e. The number of hydrogen-bond donors (Lipinski definition) is 3. The first-order valence-corrected chi connectivity index (χ1v) is 14.4. The van der Waals surface area contributed by atoms with E-state index in [4.69, 9.17) is 14.2 Å². The highest BCUT2D eigenvalue weighted by molar-refractivity contribution is 5.90. The normalized spacial score (nSPS) is 14.3. The highest BCUT2D eigenvalue weighted by Gasteiger charge is 2.25. The molecule has 1 aliphatic heterocycles. The largest absolute Gasteiger partial charge is 0.493 e. The number of fused-ring (bicyclic) bond motifs is 1. The molecule has 0 spiro atoms. The number of nitrogens with one attached hydrogen (secondary N) is 3. The van der Waals surface area contributed by atoms with Gasteiger partial charge in [0.1, 0.15) is 6.04 Å². The van der Waals surface area contributed by atoms with Crippen LogP contribution in [0.1, 0.15) is 11.1 Å². The summed E-state index contributed by atoms with van der Waals surface area (Å²) in [5, 5.41) is 7.04. The first-order valence-electron chi connectivity index (χ1n) is 14.4. The van der Waals surface area contributed by atoms with Crippen LogP contribution in [0.25, 0.3) is 10.9 Å². The number of hydrogen-bond acceptors (Lipinski definition) is 7. The minimum atomic E-state index is -0.764. The Morgan fingerprint density at radius 2 is 1.56 bits per heavy atom. The number of aromatic nitrogens is 1. The van der Waals surface area contributed by atoms with Crippen LogP contribution in [0.4, 0.5) is 5.69 Å². The molecule has 1 aromatic heterocycles. The van der Waals surface area contributed by atoms with Crippen molar-refractivity contribution in [3.63, 3.8) is 0 Å². The fraction of sp³-hybridized carbons (Fsp3) is 0.333. The van der Waals surface area contributed by atoms with E-state index in [0.29, 0.717) is 23.7 Å². The average molecular weight is 586 g/mol. The zero-order valence-electron chi connectivity index (χ0n) is 24.9. The second kappa shape index (κ2) is 14.0. The van der Waals surface area contributed by atoms with Gasteiger partial charge >= 0.3 is 0 Å². The highest BCUT2D eigenvalue weighted by Crippen LogP contribution is 2.38. The lowest BCUT2D eigenvalue weighted by molar-refractivity contribution is -0.129. The number of carbonyl (C=O) groups is 2. The maximum atomic E-state index is 13.6. The van der Waals surface area contributed by atoms with E-state index in [1.807, 2.05) is 48.7 Å². The predicted molar refractivity (Wildman–Crippen MR) is 167 cm³/mol. The molecule has 1 unspecified atom stereocenters. The van der Waals surface area contributed by atoms with Crippen molar-refractivity contribution in [2.45, 2.75) is 19.0 Å². The van der Waals surface area contributed by atoms with Crippen molar-refractivity contribution in [3.05, 3.63) is 84.1 Å². The van der Waals surface area contributed by atoms with Gasteiger partial charge in [0.05, 0.1) is 27.9 Å². The molecule has 1 saturated heterocycles. The van der Waals surface area contributed by atoms with Crippen LogP contribution >= 0.6 is 0 Å². The van der Waals surface area contributed by atoms with E-state index in [0.717, 1.165) is 48.2 Å². The highest BCUT2D eigenvalue weighted by atomic mass is 16.5. The third-order valence-corrected chi connectivity index (χ3v) is 7.80. The minimum absolute atomic E-state index is 0.180. The molecule has 226 valence electrons. The quantitative estimate of drug-likeness (QED) is 0.234. The number of methoxy groups -OCH3 is 3. The molecule has 5 rings (SSSR count). The van der Waals surface area contributed by atoms with E-state index in [-0.39, 0.29) is 24.9 Å². The second-order valence-corrected chi connectivity index (χ2v) is 10.5. The summed E-state index contributed by atoms with van der Waals surface area (Å²) in [6.45, 7) is 3.66. The van der Waals surface area contributed by atoms with Crippen molar-refractivity contribution in [1.29, 1.82) is 0 Å². The first kappa shape index (κ1) is 29.8. The van der Waals surface area contributed by atoms with Gasteiger partial charge in [-0.1, -0.05) is 36.4 Å². The van der Waals surface area contributed by atoms with Gasteiger partial charge < -0.3 is 34.7 Å². The lowest BCUT2D eigenvalue weighted by atomic mass is 10.0. The summed E-state index contributed by atoms with van der Waals surface area (Å²) in [4.78, 5) is 34.6. The standard InChI is InChI=1S/C33H39N5O5/c1-41-29-17-23(18-30(42-2)32(29)43-3)20-35-33(40)28(19-24-21-34-27-12-8-7-11-26(24)27)36-31(39)22-37-13-15-38(16-14-37)25-9-5-4-6-10-25/h4-12,17-18,21,28,34H,13-16,19-20,22H2,1-3H3,(H,35,40)(H,36,39). The van der Waals surface area contributed by atoms with Crippen LogP contribution in [0.15, 0.2) is 72.9 Å². The number of anilines is 1. The molecule has 0 aliphatic carbocycles. The predicted octanol–water partition coefficient (Wildman–Crippen LogP) is 3.36. The molecule has 1 fully saturated rings. The second-order valence-electron chi connectivity index (χ2n) is 10.5. The Labute approximate surface area is 251 Å². The molecular weight excluding hydrogens is 546 g/mol. The van der Waals surface area contributed by atoms with Crippen LogP contribution in [-0.4, -0.2) is 81.8 Å². The van der Waals surface area contributed by atoms with Crippen molar-refractivity contribution in [2.24, 2.45) is 0 Å². The maximum absolute atomic E-state index is 13.6. The summed E-state index contributed by atoms with van der Waals surface area (Å²) in [5.41, 5.74) is 3.91. The lowest BCUT2D eigenvalue weighted by Crippen LogP contribution is -2.53. The van der Waals surface area contributed by atoms with Gasteiger partial charge in [-0.2, -0.15) is 0 Å². The Hall–Kier alpha value is -4.70. The van der Waals surface area contributed by atoms with Gasteiger partial charge in [0, 0.05) is 61.9 Å². The molecule has 2 amide bonds. The van der Waals surface area contributed by atoms with E-state index in [9.17, 15) is 9.59 Å². The Kier molecular flexibility index (Phi) is 9.68. The van der Waals surface area contributed by atoms with E-state index < -0.39 is 6.04 Å². The van der Waals surface area contributed by atoms with Crippen molar-refractivity contribution < 1.29 is 23.8 Å². The molecule has 10 nitrogen and oxygen atoms in total. The fourth-order valence-electron chi connectivity index (χ4n) is 5.53. The Balaban J connectivity index is 1.26. The topological polar surface area (TPSA) is 108 Å². The number of piperazine rings is 1. The van der Waals surface area contributed by atoms with Crippen molar-refractivity contribution >= 4 is 28.4 Å². The van der Waals surface area contributed by atoms with Gasteiger partial charge in [-0.15, -0.1) is 0 Å². The number of ether oxygens (including phenoxy) is 3. The molecule has 1 aliphatic rings. The summed E-state index contributed by atoms with van der Waals surface area (Å²) in [6.07, 6.45) is 2.25. The number of amides is 2. The number of aromatic amines is 1. The van der Waals surface area contributed by atoms with Gasteiger partial charge in [0.25, 0.3) is 0 Å². The zero-order chi connectivity index (χ0) is 30.2. The molecule has 4 aromatic rings. The van der Waals surface area contributed by atoms with Gasteiger partial charge in [-0.05, 0) is 41.5 Å². The van der Waals surface area contributed by atoms with Crippen molar-refractivity contribution in [2.75, 3.05) is 59.0 Å². The summed E-state index contributed by atoms with van der Waals surface area (Å²) in [5.74, 6) is 1.03. The minimum Gasteiger partial charge on any atom is -0.493 e. The van der Waals surface area contributed by atoms with Gasteiger partial charge in [-0.3, -0.25) is 14.5 Å². The van der Waals surface area contributed by atoms with Crippen LogP contribution in [0.5, 0.6) is 17.2 Å². The summed E-state index contributed by atoms with van der Waals surface area (Å²) in [7, 11) is 4.64. The Morgan fingerprint density at radius 1 is 0.884 bits per heavy atom. The Bertz CT molecular complexity index is 1510. The number of rotatable bonds is 12. The zero-order valence-corrected chi connectivity index (χ0v) is 24.9. The molecule has 0 saturated carbocycles. The monoisotopic (exact) mass is 585 g/mol. The summed E-state index contributed by atoms with van der Waals surface area (Å²) in [6, 6.07) is 21.1. The molecule has 2 heterocycles. The third-order valence-electron chi connectivity index (χ3n) is 7.80. The molecule has 43 heavy (non-hydrogen) atoms. The van der Waals surface area contributed by atoms with Crippen molar-refractivity contribution in [1.82, 2.24) is 20.5 Å². The number of benzene rings is 3. The van der Waals surface area contributed by atoms with Crippen LogP contribution in [0.2, 0.25) is 0 Å². The van der Waals surface area contributed by atoms with Crippen LogP contribution < -0.4 is 29.7 Å². The van der Waals surface area contributed by atoms with E-state index in [2.05, 4.69) is 37.6 Å². The number of H-pyrrole nitrogens is 1. The molecular formula is C33H39N5O5. The summed E-state index contributed by atoms with van der Waals surface area (Å²) < 4.78 is 16.3. The SMILES string of the molecule is COc1cc(CNC(=O)C(Cc2c[nH]c3ccccc23)NC(=O)CN2CCN(c3ccccc3)CC2)cc(OC)c1OC. The Morgan fingerprint density at radius 3 is 2.23 bits per heavy atom. The number of nitrogens with zero attached hydrogens (tertiary/aromatic N) is 2. The number of carbonyl (C=O) groups excluding carboxylic acids is 2. The molecule has 1 atom stereocenters. The average Bonchev–Trinajstić information content (AvgIpc) is 3.46. The van der Waals surface area contributed by atoms with E-state index >= 15 is 0 Å². The lowest BCUT2D eigenvalue weighted by Gasteiger charge is -2.35. The molecule has 0 radical (unpaired) electrons. The molecule has 3 aromatic carbocycles. The third kappa shape index (κ3) is 7.21. The van der Waals surface area contributed by atoms with Gasteiger partial charge in [-0.25, -0.2) is 0 Å². The van der Waals surface area contributed by atoms with Gasteiger partial charge in [0.15, 0.2) is 11.5 Å². The first-order chi connectivity index (χ1) is 21.0. The van der Waals surface area contributed by atoms with Crippen LogP contribution in [0.3, 0.4) is 0 Å². The van der Waals surface area contributed by atoms with Crippen LogP contribution in [-0.2, 0) is 22.6 Å². The van der Waals surface area contributed by atoms with Crippen LogP contribution in [0, 0.1) is 0 Å². The van der Waals surface area contributed by atoms with E-state index in [1.54, 1.807) is 33.5 Å². The maximum Gasteiger partial charge on any atom is 0.243 e. The van der Waals surface area contributed by atoms with Crippen molar-refractivity contribution in [3.8, 4) is 17.2 Å². The number of para-hydroxylation sites is 2. The molecule has 0 bridgehead atoms. The fourth-order valence-corrected chi connectivity index (χ4v) is 5.53. The molecule has 3 N–H and O–H groups in total. The summed E-state index contributed by atoms with van der Waals surface area (Å²) >= 11 is 0. The van der Waals surface area contributed by atoms with E-state index in [1.165, 1.54) is 5.69 Å². The van der Waals surface area contributed by atoms with Gasteiger partial charge in [0.2, 0.25) is 17.6 Å². The molecule has 10 heteroatoms.